The Kier molecular flexibility index (Phi) is 7.84. The van der Waals surface area contributed by atoms with Crippen LogP contribution in [0.4, 0.5) is 17.1 Å². The highest BCUT2D eigenvalue weighted by Gasteiger charge is 2.20. The molecule has 1 heterocycles. The third-order valence-electron chi connectivity index (χ3n) is 9.48. The smallest absolute Gasteiger partial charge is 0.135 e. The van der Waals surface area contributed by atoms with Gasteiger partial charge in [0.25, 0.3) is 0 Å². The van der Waals surface area contributed by atoms with E-state index in [-0.39, 0.29) is 0 Å². The van der Waals surface area contributed by atoms with Crippen LogP contribution in [-0.2, 0) is 12.8 Å². The van der Waals surface area contributed by atoms with E-state index in [0.29, 0.717) is 0 Å². The first-order chi connectivity index (χ1) is 23.7. The van der Waals surface area contributed by atoms with Crippen LogP contribution >= 0.6 is 0 Å². The van der Waals surface area contributed by atoms with Crippen molar-refractivity contribution in [2.45, 2.75) is 26.7 Å². The van der Waals surface area contributed by atoms with Gasteiger partial charge in [0, 0.05) is 27.7 Å². The highest BCUT2D eigenvalue weighted by Crippen LogP contribution is 2.44. The van der Waals surface area contributed by atoms with E-state index in [1.807, 2.05) is 12.1 Å². The Morgan fingerprint density at radius 2 is 1.02 bits per heavy atom. The molecule has 0 aliphatic heterocycles. The zero-order valence-electron chi connectivity index (χ0n) is 27.4. The summed E-state index contributed by atoms with van der Waals surface area (Å²) in [5.74, 6) is 0. The van der Waals surface area contributed by atoms with Crippen molar-refractivity contribution >= 4 is 39.0 Å². The highest BCUT2D eigenvalue weighted by molar-refractivity contribution is 6.07. The molecule has 2 heteroatoms. The van der Waals surface area contributed by atoms with Gasteiger partial charge in [0.05, 0.1) is 5.69 Å². The summed E-state index contributed by atoms with van der Waals surface area (Å²) in [7, 11) is 0. The van der Waals surface area contributed by atoms with E-state index in [4.69, 9.17) is 4.42 Å². The maximum atomic E-state index is 6.19. The molecule has 0 fully saturated rings. The fraction of sp³-hybridized carbons (Fsp3) is 0.0870. The van der Waals surface area contributed by atoms with Crippen LogP contribution in [-0.4, -0.2) is 0 Å². The van der Waals surface area contributed by atoms with Crippen LogP contribution in [0, 0.1) is 0 Å². The van der Waals surface area contributed by atoms with Gasteiger partial charge < -0.3 is 9.32 Å². The second-order valence-electron chi connectivity index (χ2n) is 12.3. The normalized spacial score (nSPS) is 11.3. The fourth-order valence-corrected chi connectivity index (χ4v) is 7.03. The number of furan rings is 1. The lowest BCUT2D eigenvalue weighted by molar-refractivity contribution is 0.669. The van der Waals surface area contributed by atoms with Crippen LogP contribution in [0.3, 0.4) is 0 Å². The van der Waals surface area contributed by atoms with Crippen molar-refractivity contribution in [1.82, 2.24) is 0 Å². The van der Waals surface area contributed by atoms with Crippen LogP contribution in [0.25, 0.3) is 55.3 Å². The molecule has 8 rings (SSSR count). The number of anilines is 3. The van der Waals surface area contributed by atoms with Gasteiger partial charge >= 0.3 is 0 Å². The molecule has 0 radical (unpaired) electrons. The molecule has 0 saturated carbocycles. The van der Waals surface area contributed by atoms with Crippen molar-refractivity contribution in [1.29, 1.82) is 0 Å². The first-order valence-electron chi connectivity index (χ1n) is 16.9. The summed E-state index contributed by atoms with van der Waals surface area (Å²) in [6, 6.07) is 58.9. The number of fused-ring (bicyclic) bond motifs is 3. The Morgan fingerprint density at radius 3 is 1.83 bits per heavy atom. The average molecular weight is 620 g/mol. The van der Waals surface area contributed by atoms with Crippen molar-refractivity contribution in [3.05, 3.63) is 175 Å². The van der Waals surface area contributed by atoms with Crippen molar-refractivity contribution < 1.29 is 4.42 Å². The molecule has 0 bridgehead atoms. The molecule has 0 amide bonds. The molecule has 2 nitrogen and oxygen atoms in total. The summed E-state index contributed by atoms with van der Waals surface area (Å²) in [4.78, 5) is 2.41. The fourth-order valence-electron chi connectivity index (χ4n) is 7.03. The van der Waals surface area contributed by atoms with Gasteiger partial charge in [-0.15, -0.1) is 0 Å². The number of rotatable bonds is 8. The maximum Gasteiger partial charge on any atom is 0.135 e. The third-order valence-corrected chi connectivity index (χ3v) is 9.48. The average Bonchev–Trinajstić information content (AvgIpc) is 3.54. The third kappa shape index (κ3) is 5.36. The molecule has 0 unspecified atom stereocenters. The van der Waals surface area contributed by atoms with Gasteiger partial charge in [-0.05, 0) is 100 Å². The molecule has 0 aliphatic rings. The number of benzene rings is 7. The van der Waals surface area contributed by atoms with E-state index in [0.717, 1.165) is 63.0 Å². The van der Waals surface area contributed by atoms with Crippen LogP contribution in [0.2, 0.25) is 0 Å². The summed E-state index contributed by atoms with van der Waals surface area (Å²) in [6.45, 7) is 4.49. The van der Waals surface area contributed by atoms with Crippen molar-refractivity contribution in [3.8, 4) is 33.4 Å². The molecular formula is C46H37NO. The molecule has 0 saturated heterocycles. The van der Waals surface area contributed by atoms with Crippen LogP contribution in [0.1, 0.15) is 25.0 Å². The lowest BCUT2D eigenvalue weighted by Crippen LogP contribution is -2.12. The quantitative estimate of drug-likeness (QED) is 0.168. The Bertz CT molecular complexity index is 2370. The lowest BCUT2D eigenvalue weighted by atomic mass is 9.92. The van der Waals surface area contributed by atoms with Crippen molar-refractivity contribution in [2.24, 2.45) is 0 Å². The monoisotopic (exact) mass is 619 g/mol. The Morgan fingerprint density at radius 1 is 0.417 bits per heavy atom. The number of hydrogen-bond acceptors (Lipinski definition) is 2. The van der Waals surface area contributed by atoms with Gasteiger partial charge in [-0.2, -0.15) is 0 Å². The van der Waals surface area contributed by atoms with E-state index in [9.17, 15) is 0 Å². The molecule has 48 heavy (non-hydrogen) atoms. The molecule has 1 aromatic heterocycles. The molecule has 232 valence electrons. The summed E-state index contributed by atoms with van der Waals surface area (Å²) >= 11 is 0. The summed E-state index contributed by atoms with van der Waals surface area (Å²) < 4.78 is 6.19. The minimum absolute atomic E-state index is 0.904. The van der Waals surface area contributed by atoms with Gasteiger partial charge in [0.1, 0.15) is 11.2 Å². The molecule has 0 atom stereocenters. The van der Waals surface area contributed by atoms with Crippen LogP contribution in [0.15, 0.2) is 168 Å². The van der Waals surface area contributed by atoms with Gasteiger partial charge in [-0.1, -0.05) is 129 Å². The molecular weight excluding hydrogens is 583 g/mol. The van der Waals surface area contributed by atoms with E-state index in [2.05, 4.69) is 170 Å². The molecule has 0 aliphatic carbocycles. The zero-order chi connectivity index (χ0) is 32.5. The SMILES string of the molecule is CCc1ccccc1-c1ccc(N(c2ccc(-c3ccccc3)cc2)c2ccccc2-c2ccc3oc4ccccc4c3c2)cc1CC. The minimum Gasteiger partial charge on any atom is -0.456 e. The first-order valence-corrected chi connectivity index (χ1v) is 16.9. The van der Waals surface area contributed by atoms with E-state index < -0.39 is 0 Å². The number of hydrogen-bond donors (Lipinski definition) is 0. The topological polar surface area (TPSA) is 16.4 Å². The van der Waals surface area contributed by atoms with Gasteiger partial charge in [0.2, 0.25) is 0 Å². The van der Waals surface area contributed by atoms with E-state index in [1.165, 1.54) is 33.4 Å². The maximum absolute atomic E-state index is 6.19. The largest absolute Gasteiger partial charge is 0.456 e. The number of nitrogens with zero attached hydrogens (tertiary/aromatic N) is 1. The van der Waals surface area contributed by atoms with E-state index in [1.54, 1.807) is 0 Å². The summed E-state index contributed by atoms with van der Waals surface area (Å²) in [5.41, 5.74) is 15.3. The Balaban J connectivity index is 1.31. The second kappa shape index (κ2) is 12.7. The van der Waals surface area contributed by atoms with Crippen molar-refractivity contribution in [3.63, 3.8) is 0 Å². The standard InChI is InChI=1S/C46H37NO/c1-3-32-14-8-9-17-39(32)40-28-27-38(30-33(40)4-2)47(37-25-22-35(23-26-37)34-15-6-5-7-16-34)44-20-12-10-18-41(44)36-24-29-46-43(31-36)42-19-11-13-21-45(42)48-46/h5-31H,3-4H2,1-2H3. The minimum atomic E-state index is 0.904. The summed E-state index contributed by atoms with van der Waals surface area (Å²) in [5, 5.41) is 2.26. The van der Waals surface area contributed by atoms with Gasteiger partial charge in [-0.3, -0.25) is 0 Å². The molecule has 8 aromatic rings. The zero-order valence-corrected chi connectivity index (χ0v) is 27.4. The second-order valence-corrected chi connectivity index (χ2v) is 12.3. The van der Waals surface area contributed by atoms with Gasteiger partial charge in [0.15, 0.2) is 0 Å². The predicted molar refractivity (Wildman–Crippen MR) is 203 cm³/mol. The number of para-hydroxylation sites is 2. The Hall–Kier alpha value is -5.86. The van der Waals surface area contributed by atoms with Crippen molar-refractivity contribution in [2.75, 3.05) is 4.90 Å². The molecule has 0 spiro atoms. The highest BCUT2D eigenvalue weighted by atomic mass is 16.3. The first kappa shape index (κ1) is 29.5. The van der Waals surface area contributed by atoms with E-state index >= 15 is 0 Å². The van der Waals surface area contributed by atoms with Crippen LogP contribution < -0.4 is 4.90 Å². The lowest BCUT2D eigenvalue weighted by Gasteiger charge is -2.29. The molecule has 0 N–H and O–H groups in total. The van der Waals surface area contributed by atoms with Crippen LogP contribution in [0.5, 0.6) is 0 Å². The van der Waals surface area contributed by atoms with Gasteiger partial charge in [-0.25, -0.2) is 0 Å². The molecule has 7 aromatic carbocycles. The Labute approximate surface area is 282 Å². The number of aryl methyl sites for hydroxylation is 2. The summed E-state index contributed by atoms with van der Waals surface area (Å²) in [6.07, 6.45) is 1.94. The predicted octanol–water partition coefficient (Wildman–Crippen LogP) is 13.2.